The Morgan fingerprint density at radius 1 is 1.50 bits per heavy atom. The zero-order chi connectivity index (χ0) is 14.5. The van der Waals surface area contributed by atoms with Gasteiger partial charge in [0.25, 0.3) is 0 Å². The number of halogens is 1. The normalized spacial score (nSPS) is 19.1. The van der Waals surface area contributed by atoms with Crippen molar-refractivity contribution in [3.63, 3.8) is 0 Å². The van der Waals surface area contributed by atoms with Crippen molar-refractivity contribution in [3.8, 4) is 6.07 Å². The molecule has 2 rings (SSSR count). The molecule has 1 aromatic carbocycles. The topological polar surface area (TPSA) is 39.1 Å². The zero-order valence-electron chi connectivity index (χ0n) is 12.2. The Morgan fingerprint density at radius 2 is 2.30 bits per heavy atom. The van der Waals surface area contributed by atoms with Crippen LogP contribution >= 0.6 is 0 Å². The van der Waals surface area contributed by atoms with E-state index in [1.54, 1.807) is 12.1 Å². The van der Waals surface area contributed by atoms with E-state index in [0.29, 0.717) is 23.2 Å². The van der Waals surface area contributed by atoms with E-state index in [1.165, 1.54) is 12.5 Å². The highest BCUT2D eigenvalue weighted by Crippen LogP contribution is 2.26. The lowest BCUT2D eigenvalue weighted by molar-refractivity contribution is 0.377. The summed E-state index contributed by atoms with van der Waals surface area (Å²) in [6.45, 7) is 7.03. The monoisotopic (exact) mass is 275 g/mol. The lowest BCUT2D eigenvalue weighted by Gasteiger charge is -2.35. The fourth-order valence-electron chi connectivity index (χ4n) is 2.69. The molecule has 1 unspecified atom stereocenters. The van der Waals surface area contributed by atoms with E-state index in [9.17, 15) is 4.39 Å². The molecule has 1 aliphatic heterocycles. The second-order valence-corrected chi connectivity index (χ2v) is 5.80. The van der Waals surface area contributed by atoms with Crippen LogP contribution in [0.3, 0.4) is 0 Å². The van der Waals surface area contributed by atoms with Gasteiger partial charge >= 0.3 is 0 Å². The highest BCUT2D eigenvalue weighted by Gasteiger charge is 2.22. The molecule has 4 heteroatoms. The van der Waals surface area contributed by atoms with E-state index >= 15 is 0 Å². The summed E-state index contributed by atoms with van der Waals surface area (Å²) in [6, 6.07) is 7.20. The number of anilines is 1. The molecule has 108 valence electrons. The largest absolute Gasteiger partial charge is 0.369 e. The highest BCUT2D eigenvalue weighted by atomic mass is 19.1. The first-order valence-corrected chi connectivity index (χ1v) is 7.28. The lowest BCUT2D eigenvalue weighted by atomic mass is 9.97. The maximum atomic E-state index is 14.1. The van der Waals surface area contributed by atoms with Gasteiger partial charge in [-0.2, -0.15) is 5.26 Å². The van der Waals surface area contributed by atoms with Gasteiger partial charge in [0.15, 0.2) is 0 Å². The molecule has 1 fully saturated rings. The van der Waals surface area contributed by atoms with Crippen LogP contribution in [0.4, 0.5) is 10.1 Å². The van der Waals surface area contributed by atoms with Crippen LogP contribution in [0.25, 0.3) is 0 Å². The number of nitrogens with one attached hydrogen (secondary N) is 1. The molecule has 1 aromatic rings. The number of nitrogens with zero attached hydrogens (tertiary/aromatic N) is 2. The Morgan fingerprint density at radius 3 is 2.95 bits per heavy atom. The first-order chi connectivity index (χ1) is 9.60. The molecule has 0 spiro atoms. The maximum Gasteiger partial charge on any atom is 0.147 e. The molecule has 1 atom stereocenters. The Labute approximate surface area is 120 Å². The summed E-state index contributed by atoms with van der Waals surface area (Å²) in [5, 5.41) is 12.2. The van der Waals surface area contributed by atoms with Crippen LogP contribution in [0.1, 0.15) is 32.3 Å². The first-order valence-electron chi connectivity index (χ1n) is 7.28. The zero-order valence-corrected chi connectivity index (χ0v) is 12.2. The summed E-state index contributed by atoms with van der Waals surface area (Å²) < 4.78 is 14.1. The first kappa shape index (κ1) is 14.8. The number of hydrogen-bond donors (Lipinski definition) is 1. The Bertz CT molecular complexity index is 493. The van der Waals surface area contributed by atoms with E-state index < -0.39 is 0 Å². The van der Waals surface area contributed by atoms with Crippen LogP contribution in [0.5, 0.6) is 0 Å². The average Bonchev–Trinajstić information content (AvgIpc) is 2.45. The molecule has 0 bridgehead atoms. The van der Waals surface area contributed by atoms with Crippen molar-refractivity contribution in [2.75, 3.05) is 24.5 Å². The minimum atomic E-state index is -0.290. The third-order valence-corrected chi connectivity index (χ3v) is 3.75. The van der Waals surface area contributed by atoms with Crippen molar-refractivity contribution < 1.29 is 4.39 Å². The molecule has 0 amide bonds. The third kappa shape index (κ3) is 3.71. The fraction of sp³-hybridized carbons (Fsp3) is 0.562. The molecule has 0 aliphatic carbocycles. The van der Waals surface area contributed by atoms with Crippen LogP contribution in [0.2, 0.25) is 0 Å². The Balaban J connectivity index is 2.03. The summed E-state index contributed by atoms with van der Waals surface area (Å²) in [6.07, 6.45) is 2.28. The molecule has 1 aliphatic rings. The molecule has 0 aromatic heterocycles. The third-order valence-electron chi connectivity index (χ3n) is 3.75. The van der Waals surface area contributed by atoms with Gasteiger partial charge in [-0.3, -0.25) is 0 Å². The summed E-state index contributed by atoms with van der Waals surface area (Å²) in [7, 11) is 0. The quantitative estimate of drug-likeness (QED) is 0.918. The van der Waals surface area contributed by atoms with Gasteiger partial charge in [0.05, 0.1) is 17.3 Å². The molecule has 1 saturated heterocycles. The SMILES string of the molecule is CC(C)NCC1CCCN(c2ccc(C#N)cc2F)C1. The predicted molar refractivity (Wildman–Crippen MR) is 79.2 cm³/mol. The number of rotatable bonds is 4. The van der Waals surface area contributed by atoms with Crippen molar-refractivity contribution in [3.05, 3.63) is 29.6 Å². The van der Waals surface area contributed by atoms with Gasteiger partial charge in [0.1, 0.15) is 5.82 Å². The van der Waals surface area contributed by atoms with Gasteiger partial charge in [-0.15, -0.1) is 0 Å². The minimum Gasteiger partial charge on any atom is -0.369 e. The second-order valence-electron chi connectivity index (χ2n) is 5.80. The smallest absolute Gasteiger partial charge is 0.147 e. The van der Waals surface area contributed by atoms with Gasteiger partial charge in [-0.1, -0.05) is 13.8 Å². The number of hydrogen-bond acceptors (Lipinski definition) is 3. The van der Waals surface area contributed by atoms with Gasteiger partial charge in [0, 0.05) is 19.1 Å². The number of piperidine rings is 1. The van der Waals surface area contributed by atoms with E-state index in [4.69, 9.17) is 5.26 Å². The Kier molecular flexibility index (Phi) is 4.97. The van der Waals surface area contributed by atoms with Crippen LogP contribution in [-0.4, -0.2) is 25.7 Å². The molecular weight excluding hydrogens is 253 g/mol. The van der Waals surface area contributed by atoms with Crippen molar-refractivity contribution in [2.45, 2.75) is 32.7 Å². The van der Waals surface area contributed by atoms with Gasteiger partial charge < -0.3 is 10.2 Å². The highest BCUT2D eigenvalue weighted by molar-refractivity contribution is 5.51. The molecule has 3 nitrogen and oxygen atoms in total. The fourth-order valence-corrected chi connectivity index (χ4v) is 2.69. The second kappa shape index (κ2) is 6.71. The molecule has 1 heterocycles. The van der Waals surface area contributed by atoms with Crippen molar-refractivity contribution in [1.82, 2.24) is 5.32 Å². The summed E-state index contributed by atoms with van der Waals surface area (Å²) in [5.74, 6) is 0.266. The molecular formula is C16H22FN3. The van der Waals surface area contributed by atoms with E-state index in [1.807, 2.05) is 6.07 Å². The van der Waals surface area contributed by atoms with E-state index in [0.717, 1.165) is 26.1 Å². The number of benzene rings is 1. The van der Waals surface area contributed by atoms with Gasteiger partial charge in [0.2, 0.25) is 0 Å². The van der Waals surface area contributed by atoms with Gasteiger partial charge in [-0.05, 0) is 43.5 Å². The maximum absolute atomic E-state index is 14.1. The minimum absolute atomic E-state index is 0.290. The van der Waals surface area contributed by atoms with Crippen LogP contribution in [-0.2, 0) is 0 Å². The summed E-state index contributed by atoms with van der Waals surface area (Å²) in [5.41, 5.74) is 1.000. The van der Waals surface area contributed by atoms with Crippen molar-refractivity contribution >= 4 is 5.69 Å². The molecule has 20 heavy (non-hydrogen) atoms. The summed E-state index contributed by atoms with van der Waals surface area (Å²) >= 11 is 0. The standard InChI is InChI=1S/C16H22FN3/c1-12(2)19-10-14-4-3-7-20(11-14)16-6-5-13(9-18)8-15(16)17/h5-6,8,12,14,19H,3-4,7,10-11H2,1-2H3. The number of nitriles is 1. The Hall–Kier alpha value is -1.60. The molecule has 1 N–H and O–H groups in total. The van der Waals surface area contributed by atoms with Gasteiger partial charge in [-0.25, -0.2) is 4.39 Å². The summed E-state index contributed by atoms with van der Waals surface area (Å²) in [4.78, 5) is 2.10. The van der Waals surface area contributed by atoms with Crippen molar-refractivity contribution in [2.24, 2.45) is 5.92 Å². The molecule has 0 saturated carbocycles. The van der Waals surface area contributed by atoms with Crippen LogP contribution in [0.15, 0.2) is 18.2 Å². The lowest BCUT2D eigenvalue weighted by Crippen LogP contribution is -2.41. The van der Waals surface area contributed by atoms with E-state index in [-0.39, 0.29) is 5.82 Å². The average molecular weight is 275 g/mol. The molecule has 0 radical (unpaired) electrons. The van der Waals surface area contributed by atoms with Crippen LogP contribution in [0, 0.1) is 23.1 Å². The van der Waals surface area contributed by atoms with E-state index in [2.05, 4.69) is 24.1 Å². The predicted octanol–water partition coefficient (Wildman–Crippen LogP) is 2.91. The van der Waals surface area contributed by atoms with Crippen LogP contribution < -0.4 is 10.2 Å². The van der Waals surface area contributed by atoms with Crippen molar-refractivity contribution in [1.29, 1.82) is 5.26 Å².